The summed E-state index contributed by atoms with van der Waals surface area (Å²) in [7, 11) is 1.90. The van der Waals surface area contributed by atoms with Crippen molar-refractivity contribution in [1.29, 1.82) is 0 Å². The van der Waals surface area contributed by atoms with E-state index in [-0.39, 0.29) is 5.91 Å². The summed E-state index contributed by atoms with van der Waals surface area (Å²) in [4.78, 5) is 13.2. The number of benzene rings is 1. The molecule has 15 heavy (non-hydrogen) atoms. The van der Waals surface area contributed by atoms with Gasteiger partial charge in [0.25, 0.3) is 0 Å². The average molecular weight is 203 g/mol. The van der Waals surface area contributed by atoms with Gasteiger partial charge in [-0.25, -0.2) is 0 Å². The molecule has 80 valence electrons. The molecular weight excluding hydrogens is 186 g/mol. The lowest BCUT2D eigenvalue weighted by Crippen LogP contribution is -2.39. The molecular formula is C13H17NO. The number of rotatable bonds is 1. The summed E-state index contributed by atoms with van der Waals surface area (Å²) >= 11 is 0. The fourth-order valence-corrected chi connectivity index (χ4v) is 2.27. The molecule has 0 heterocycles. The van der Waals surface area contributed by atoms with Crippen LogP contribution in [0.1, 0.15) is 24.5 Å². The predicted octanol–water partition coefficient (Wildman–Crippen LogP) is 2.02. The van der Waals surface area contributed by atoms with Gasteiger partial charge < -0.3 is 4.90 Å². The first kappa shape index (κ1) is 10.2. The van der Waals surface area contributed by atoms with E-state index in [2.05, 4.69) is 24.3 Å². The monoisotopic (exact) mass is 203 g/mol. The van der Waals surface area contributed by atoms with Crippen molar-refractivity contribution in [1.82, 2.24) is 4.90 Å². The zero-order valence-corrected chi connectivity index (χ0v) is 9.36. The molecule has 0 N–H and O–H groups in total. The van der Waals surface area contributed by atoms with Crippen molar-refractivity contribution in [2.75, 3.05) is 7.05 Å². The van der Waals surface area contributed by atoms with Crippen molar-refractivity contribution in [2.24, 2.45) is 0 Å². The summed E-state index contributed by atoms with van der Waals surface area (Å²) in [6.45, 7) is 1.64. The minimum Gasteiger partial charge on any atom is -0.343 e. The Morgan fingerprint density at radius 1 is 1.33 bits per heavy atom. The maximum Gasteiger partial charge on any atom is 0.219 e. The van der Waals surface area contributed by atoms with E-state index in [1.165, 1.54) is 11.1 Å². The molecule has 0 radical (unpaired) electrons. The van der Waals surface area contributed by atoms with Crippen molar-refractivity contribution in [3.63, 3.8) is 0 Å². The summed E-state index contributed by atoms with van der Waals surface area (Å²) in [5.41, 5.74) is 2.85. The van der Waals surface area contributed by atoms with Crippen molar-refractivity contribution in [3.8, 4) is 0 Å². The highest BCUT2D eigenvalue weighted by atomic mass is 16.2. The second-order valence-electron chi connectivity index (χ2n) is 4.30. The highest BCUT2D eigenvalue weighted by Gasteiger charge is 2.22. The van der Waals surface area contributed by atoms with E-state index in [0.717, 1.165) is 19.3 Å². The maximum atomic E-state index is 11.3. The Morgan fingerprint density at radius 2 is 2.00 bits per heavy atom. The molecule has 1 amide bonds. The van der Waals surface area contributed by atoms with Crippen LogP contribution in [0.5, 0.6) is 0 Å². The number of aryl methyl sites for hydroxylation is 1. The molecule has 1 aliphatic rings. The normalized spacial score (nSPS) is 19.5. The lowest BCUT2D eigenvalue weighted by atomic mass is 9.88. The smallest absolute Gasteiger partial charge is 0.219 e. The second kappa shape index (κ2) is 4.05. The van der Waals surface area contributed by atoms with Crippen LogP contribution < -0.4 is 0 Å². The van der Waals surface area contributed by atoms with E-state index in [1.807, 2.05) is 11.9 Å². The summed E-state index contributed by atoms with van der Waals surface area (Å²) in [5, 5.41) is 0. The number of likely N-dealkylation sites (N-methyl/N-ethyl adjacent to an activating group) is 1. The molecule has 2 heteroatoms. The Morgan fingerprint density at radius 3 is 2.67 bits per heavy atom. The van der Waals surface area contributed by atoms with Gasteiger partial charge in [-0.3, -0.25) is 4.79 Å². The van der Waals surface area contributed by atoms with Crippen molar-refractivity contribution < 1.29 is 4.79 Å². The molecule has 2 rings (SSSR count). The van der Waals surface area contributed by atoms with Gasteiger partial charge >= 0.3 is 0 Å². The summed E-state index contributed by atoms with van der Waals surface area (Å²) in [6, 6.07) is 8.93. The van der Waals surface area contributed by atoms with Crippen molar-refractivity contribution in [3.05, 3.63) is 35.4 Å². The highest BCUT2D eigenvalue weighted by molar-refractivity contribution is 5.73. The van der Waals surface area contributed by atoms with Crippen LogP contribution in [0.4, 0.5) is 0 Å². The van der Waals surface area contributed by atoms with Crippen molar-refractivity contribution >= 4 is 5.91 Å². The fourth-order valence-electron chi connectivity index (χ4n) is 2.27. The molecule has 0 saturated carbocycles. The Bertz CT molecular complexity index is 373. The number of amides is 1. The predicted molar refractivity (Wildman–Crippen MR) is 60.7 cm³/mol. The SMILES string of the molecule is CC(=O)N(C)C1CCc2ccccc2C1. The van der Waals surface area contributed by atoms with Crippen LogP contribution in [0.25, 0.3) is 0 Å². The molecule has 0 bridgehead atoms. The highest BCUT2D eigenvalue weighted by Crippen LogP contribution is 2.23. The van der Waals surface area contributed by atoms with Crippen LogP contribution in [-0.4, -0.2) is 23.9 Å². The van der Waals surface area contributed by atoms with E-state index >= 15 is 0 Å². The number of nitrogens with zero attached hydrogens (tertiary/aromatic N) is 1. The van der Waals surface area contributed by atoms with E-state index in [4.69, 9.17) is 0 Å². The van der Waals surface area contributed by atoms with Gasteiger partial charge in [0.05, 0.1) is 0 Å². The van der Waals surface area contributed by atoms with Gasteiger partial charge in [-0.05, 0) is 30.4 Å². The van der Waals surface area contributed by atoms with Crippen LogP contribution in [0, 0.1) is 0 Å². The first-order valence-corrected chi connectivity index (χ1v) is 5.48. The lowest BCUT2D eigenvalue weighted by Gasteiger charge is -2.31. The molecule has 1 aromatic carbocycles. The summed E-state index contributed by atoms with van der Waals surface area (Å²) in [5.74, 6) is 0.166. The number of hydrogen-bond donors (Lipinski definition) is 0. The summed E-state index contributed by atoms with van der Waals surface area (Å²) in [6.07, 6.45) is 3.19. The molecule has 2 nitrogen and oxygen atoms in total. The molecule has 0 spiro atoms. The zero-order valence-electron chi connectivity index (χ0n) is 9.36. The standard InChI is InChI=1S/C13H17NO/c1-10(15)14(2)13-8-7-11-5-3-4-6-12(11)9-13/h3-6,13H,7-9H2,1-2H3. The van der Waals surface area contributed by atoms with Gasteiger partial charge in [0.2, 0.25) is 5.91 Å². The van der Waals surface area contributed by atoms with Gasteiger partial charge in [-0.1, -0.05) is 24.3 Å². The topological polar surface area (TPSA) is 20.3 Å². The Kier molecular flexibility index (Phi) is 2.76. The minimum absolute atomic E-state index is 0.166. The van der Waals surface area contributed by atoms with Gasteiger partial charge in [-0.15, -0.1) is 0 Å². The Balaban J connectivity index is 2.15. The third kappa shape index (κ3) is 2.04. The second-order valence-corrected chi connectivity index (χ2v) is 4.30. The number of carbonyl (C=O) groups excluding carboxylic acids is 1. The van der Waals surface area contributed by atoms with E-state index in [9.17, 15) is 4.79 Å². The molecule has 1 unspecified atom stereocenters. The van der Waals surface area contributed by atoms with Gasteiger partial charge in [-0.2, -0.15) is 0 Å². The zero-order chi connectivity index (χ0) is 10.8. The Hall–Kier alpha value is -1.31. The number of carbonyl (C=O) groups is 1. The van der Waals surface area contributed by atoms with E-state index < -0.39 is 0 Å². The van der Waals surface area contributed by atoms with Gasteiger partial charge in [0.15, 0.2) is 0 Å². The van der Waals surface area contributed by atoms with Crippen LogP contribution in [0.3, 0.4) is 0 Å². The largest absolute Gasteiger partial charge is 0.343 e. The Labute approximate surface area is 90.9 Å². The third-order valence-electron chi connectivity index (χ3n) is 3.37. The molecule has 0 aromatic heterocycles. The van der Waals surface area contributed by atoms with E-state index in [1.54, 1.807) is 6.92 Å². The first-order valence-electron chi connectivity index (χ1n) is 5.48. The lowest BCUT2D eigenvalue weighted by molar-refractivity contribution is -0.129. The first-order chi connectivity index (χ1) is 7.18. The molecule has 0 fully saturated rings. The van der Waals surface area contributed by atoms with Crippen LogP contribution in [0.2, 0.25) is 0 Å². The summed E-state index contributed by atoms with van der Waals surface area (Å²) < 4.78 is 0. The molecule has 1 aliphatic carbocycles. The van der Waals surface area contributed by atoms with Gasteiger partial charge in [0.1, 0.15) is 0 Å². The number of fused-ring (bicyclic) bond motifs is 1. The average Bonchev–Trinajstić information content (AvgIpc) is 2.27. The molecule has 1 aromatic rings. The maximum absolute atomic E-state index is 11.3. The number of hydrogen-bond acceptors (Lipinski definition) is 1. The molecule has 0 aliphatic heterocycles. The van der Waals surface area contributed by atoms with Crippen LogP contribution in [0.15, 0.2) is 24.3 Å². The third-order valence-corrected chi connectivity index (χ3v) is 3.37. The van der Waals surface area contributed by atoms with Crippen LogP contribution in [-0.2, 0) is 17.6 Å². The van der Waals surface area contributed by atoms with Gasteiger partial charge in [0, 0.05) is 20.0 Å². The van der Waals surface area contributed by atoms with Crippen LogP contribution >= 0.6 is 0 Å². The minimum atomic E-state index is 0.166. The quantitative estimate of drug-likeness (QED) is 0.684. The fraction of sp³-hybridized carbons (Fsp3) is 0.462. The molecule has 1 atom stereocenters. The molecule has 0 saturated heterocycles. The van der Waals surface area contributed by atoms with Crippen molar-refractivity contribution in [2.45, 2.75) is 32.2 Å². The van der Waals surface area contributed by atoms with E-state index in [0.29, 0.717) is 6.04 Å².